The highest BCUT2D eigenvalue weighted by molar-refractivity contribution is 7.89. The highest BCUT2D eigenvalue weighted by Crippen LogP contribution is 2.28. The van der Waals surface area contributed by atoms with E-state index < -0.39 is 15.9 Å². The van der Waals surface area contributed by atoms with E-state index in [-0.39, 0.29) is 41.6 Å². The van der Waals surface area contributed by atoms with Crippen LogP contribution in [0.3, 0.4) is 0 Å². The standard InChI is InChI=1S/C21H27N3O5S/c1-3-24(4-2)30(28,29)17-10-11-19(25)18(15-17)23-20(26)12-13-22-21(27)14-16-8-6-5-7-9-16/h5-11,15,25H,3-4,12-14H2,1-2H3,(H,22,27)(H,23,26). The first-order chi connectivity index (χ1) is 14.3. The Hall–Kier alpha value is -2.91. The Kier molecular flexibility index (Phi) is 8.37. The molecule has 3 N–H and O–H groups in total. The van der Waals surface area contributed by atoms with Crippen LogP contribution in [0, 0.1) is 0 Å². The molecule has 2 aromatic carbocycles. The Labute approximate surface area is 177 Å². The van der Waals surface area contributed by atoms with Crippen molar-refractivity contribution in [3.05, 3.63) is 54.1 Å². The third kappa shape index (κ3) is 6.30. The topological polar surface area (TPSA) is 116 Å². The lowest BCUT2D eigenvalue weighted by Crippen LogP contribution is -2.30. The van der Waals surface area contributed by atoms with Gasteiger partial charge >= 0.3 is 0 Å². The first-order valence-electron chi connectivity index (χ1n) is 9.71. The first-order valence-corrected chi connectivity index (χ1v) is 11.2. The molecule has 0 aliphatic heterocycles. The van der Waals surface area contributed by atoms with Crippen molar-refractivity contribution in [3.8, 4) is 5.75 Å². The van der Waals surface area contributed by atoms with Crippen LogP contribution in [-0.4, -0.2) is 49.3 Å². The Morgan fingerprint density at radius 2 is 1.67 bits per heavy atom. The molecule has 0 atom stereocenters. The molecule has 162 valence electrons. The summed E-state index contributed by atoms with van der Waals surface area (Å²) in [4.78, 5) is 24.1. The van der Waals surface area contributed by atoms with E-state index in [2.05, 4.69) is 10.6 Å². The maximum atomic E-state index is 12.6. The molecule has 30 heavy (non-hydrogen) atoms. The molecular weight excluding hydrogens is 406 g/mol. The molecular formula is C21H27N3O5S. The molecule has 9 heteroatoms. The summed E-state index contributed by atoms with van der Waals surface area (Å²) in [6.07, 6.45) is 0.196. The fourth-order valence-electron chi connectivity index (χ4n) is 2.86. The zero-order chi connectivity index (χ0) is 22.1. The zero-order valence-electron chi connectivity index (χ0n) is 17.1. The quantitative estimate of drug-likeness (QED) is 0.496. The highest BCUT2D eigenvalue weighted by Gasteiger charge is 2.23. The van der Waals surface area contributed by atoms with Gasteiger partial charge in [0.05, 0.1) is 17.0 Å². The molecule has 0 heterocycles. The van der Waals surface area contributed by atoms with Gasteiger partial charge in [0, 0.05) is 26.1 Å². The zero-order valence-corrected chi connectivity index (χ0v) is 17.9. The number of hydrogen-bond acceptors (Lipinski definition) is 5. The molecule has 2 aromatic rings. The van der Waals surface area contributed by atoms with Crippen LogP contribution in [0.4, 0.5) is 5.69 Å². The third-order valence-electron chi connectivity index (χ3n) is 4.47. The van der Waals surface area contributed by atoms with Gasteiger partial charge in [0.25, 0.3) is 0 Å². The maximum Gasteiger partial charge on any atom is 0.243 e. The molecule has 2 rings (SSSR count). The van der Waals surface area contributed by atoms with Crippen molar-refractivity contribution in [3.63, 3.8) is 0 Å². The number of nitrogens with zero attached hydrogens (tertiary/aromatic N) is 1. The lowest BCUT2D eigenvalue weighted by molar-refractivity contribution is -0.120. The van der Waals surface area contributed by atoms with E-state index >= 15 is 0 Å². The van der Waals surface area contributed by atoms with Crippen molar-refractivity contribution in [2.75, 3.05) is 25.0 Å². The summed E-state index contributed by atoms with van der Waals surface area (Å²) in [5, 5.41) is 15.1. The Bertz CT molecular complexity index is 973. The Balaban J connectivity index is 1.94. The predicted octanol–water partition coefficient (Wildman–Crippen LogP) is 2.11. The van der Waals surface area contributed by atoms with Crippen molar-refractivity contribution < 1.29 is 23.1 Å². The van der Waals surface area contributed by atoms with E-state index in [1.54, 1.807) is 13.8 Å². The molecule has 0 aromatic heterocycles. The second kappa shape index (κ2) is 10.7. The molecule has 2 amide bonds. The van der Waals surface area contributed by atoms with Crippen molar-refractivity contribution >= 4 is 27.5 Å². The van der Waals surface area contributed by atoms with E-state index in [4.69, 9.17) is 0 Å². The number of nitrogens with one attached hydrogen (secondary N) is 2. The van der Waals surface area contributed by atoms with Crippen LogP contribution in [-0.2, 0) is 26.0 Å². The summed E-state index contributed by atoms with van der Waals surface area (Å²) in [7, 11) is -3.72. The summed E-state index contributed by atoms with van der Waals surface area (Å²) >= 11 is 0. The van der Waals surface area contributed by atoms with Gasteiger partial charge < -0.3 is 15.7 Å². The van der Waals surface area contributed by atoms with Gasteiger partial charge in [0.15, 0.2) is 0 Å². The number of phenolic OH excluding ortho intramolecular Hbond substituents is 1. The number of anilines is 1. The highest BCUT2D eigenvalue weighted by atomic mass is 32.2. The van der Waals surface area contributed by atoms with Crippen LogP contribution >= 0.6 is 0 Å². The summed E-state index contributed by atoms with van der Waals surface area (Å²) in [5.41, 5.74) is 0.874. The van der Waals surface area contributed by atoms with Gasteiger partial charge in [-0.2, -0.15) is 4.31 Å². The normalized spacial score (nSPS) is 11.3. The number of sulfonamides is 1. The van der Waals surface area contributed by atoms with E-state index in [0.29, 0.717) is 13.1 Å². The van der Waals surface area contributed by atoms with Gasteiger partial charge in [0.2, 0.25) is 21.8 Å². The molecule has 0 radical (unpaired) electrons. The van der Waals surface area contributed by atoms with Crippen molar-refractivity contribution in [1.29, 1.82) is 0 Å². The van der Waals surface area contributed by atoms with Gasteiger partial charge in [0.1, 0.15) is 5.75 Å². The van der Waals surface area contributed by atoms with E-state index in [0.717, 1.165) is 5.56 Å². The van der Waals surface area contributed by atoms with Gasteiger partial charge in [-0.05, 0) is 23.8 Å². The third-order valence-corrected chi connectivity index (χ3v) is 6.51. The predicted molar refractivity (Wildman–Crippen MR) is 115 cm³/mol. The van der Waals surface area contributed by atoms with Crippen LogP contribution in [0.1, 0.15) is 25.8 Å². The number of rotatable bonds is 10. The number of hydrogen-bond donors (Lipinski definition) is 3. The second-order valence-electron chi connectivity index (χ2n) is 6.58. The number of benzene rings is 2. The first kappa shape index (κ1) is 23.4. The van der Waals surface area contributed by atoms with Crippen molar-refractivity contribution in [2.45, 2.75) is 31.6 Å². The lowest BCUT2D eigenvalue weighted by Gasteiger charge is -2.19. The smallest absolute Gasteiger partial charge is 0.243 e. The minimum atomic E-state index is -3.72. The largest absolute Gasteiger partial charge is 0.506 e. The molecule has 0 saturated heterocycles. The molecule has 0 aliphatic carbocycles. The number of phenols is 1. The van der Waals surface area contributed by atoms with Crippen LogP contribution in [0.5, 0.6) is 5.75 Å². The summed E-state index contributed by atoms with van der Waals surface area (Å²) in [6.45, 7) is 4.20. The fourth-order valence-corrected chi connectivity index (χ4v) is 4.35. The van der Waals surface area contributed by atoms with Crippen molar-refractivity contribution in [2.24, 2.45) is 0 Å². The van der Waals surface area contributed by atoms with Gasteiger partial charge in [-0.3, -0.25) is 9.59 Å². The Morgan fingerprint density at radius 3 is 2.30 bits per heavy atom. The average Bonchev–Trinajstić information content (AvgIpc) is 2.71. The molecule has 0 spiro atoms. The van der Waals surface area contributed by atoms with Crippen LogP contribution in [0.2, 0.25) is 0 Å². The second-order valence-corrected chi connectivity index (χ2v) is 8.52. The minimum absolute atomic E-state index is 0.00356. The number of carbonyl (C=O) groups is 2. The van der Waals surface area contributed by atoms with E-state index in [1.807, 2.05) is 30.3 Å². The van der Waals surface area contributed by atoms with E-state index in [1.165, 1.54) is 22.5 Å². The van der Waals surface area contributed by atoms with Gasteiger partial charge in [-0.15, -0.1) is 0 Å². The maximum absolute atomic E-state index is 12.6. The lowest BCUT2D eigenvalue weighted by atomic mass is 10.1. The molecule has 8 nitrogen and oxygen atoms in total. The molecule has 0 bridgehead atoms. The average molecular weight is 434 g/mol. The molecule has 0 unspecified atom stereocenters. The SMILES string of the molecule is CCN(CC)S(=O)(=O)c1ccc(O)c(NC(=O)CCNC(=O)Cc2ccccc2)c1. The molecule has 0 fully saturated rings. The van der Waals surface area contributed by atoms with E-state index in [9.17, 15) is 23.1 Å². The molecule has 0 saturated carbocycles. The minimum Gasteiger partial charge on any atom is -0.506 e. The monoisotopic (exact) mass is 433 g/mol. The fraction of sp³-hybridized carbons (Fsp3) is 0.333. The van der Waals surface area contributed by atoms with Gasteiger partial charge in [-0.25, -0.2) is 8.42 Å². The molecule has 0 aliphatic rings. The Morgan fingerprint density at radius 1 is 1.00 bits per heavy atom. The number of amides is 2. The van der Waals surface area contributed by atoms with Crippen LogP contribution in [0.25, 0.3) is 0 Å². The summed E-state index contributed by atoms with van der Waals surface area (Å²) < 4.78 is 26.5. The van der Waals surface area contributed by atoms with Crippen molar-refractivity contribution in [1.82, 2.24) is 9.62 Å². The summed E-state index contributed by atoms with van der Waals surface area (Å²) in [5.74, 6) is -0.901. The van der Waals surface area contributed by atoms with Crippen LogP contribution in [0.15, 0.2) is 53.4 Å². The summed E-state index contributed by atoms with van der Waals surface area (Å²) in [6, 6.07) is 13.0. The number of aromatic hydroxyl groups is 1. The van der Waals surface area contributed by atoms with Gasteiger partial charge in [-0.1, -0.05) is 44.2 Å². The number of carbonyl (C=O) groups excluding carboxylic acids is 2. The van der Waals surface area contributed by atoms with Crippen LogP contribution < -0.4 is 10.6 Å².